The van der Waals surface area contributed by atoms with Gasteiger partial charge in [-0.1, -0.05) is 72.5 Å². The van der Waals surface area contributed by atoms with E-state index in [1.54, 1.807) is 5.57 Å². The summed E-state index contributed by atoms with van der Waals surface area (Å²) < 4.78 is 12.0. The highest BCUT2D eigenvalue weighted by Crippen LogP contribution is 2.67. The fraction of sp³-hybridized carbons (Fsp3) is 0.857. The lowest BCUT2D eigenvalue weighted by molar-refractivity contribution is -0.151. The normalized spacial score (nSPS) is 43.2. The minimum atomic E-state index is -0.241. The molecule has 3 heteroatoms. The van der Waals surface area contributed by atoms with Crippen LogP contribution in [0.1, 0.15) is 126 Å². The number of esters is 1. The lowest BCUT2D eigenvalue weighted by Gasteiger charge is -2.58. The van der Waals surface area contributed by atoms with Crippen molar-refractivity contribution in [3.05, 3.63) is 23.0 Å². The highest BCUT2D eigenvalue weighted by atomic mass is 16.6. The first-order valence-electron chi connectivity index (χ1n) is 16.2. The van der Waals surface area contributed by atoms with E-state index in [4.69, 9.17) is 9.47 Å². The van der Waals surface area contributed by atoms with Crippen LogP contribution < -0.4 is 0 Å². The second-order valence-corrected chi connectivity index (χ2v) is 15.2. The summed E-state index contributed by atoms with van der Waals surface area (Å²) in [6.45, 7) is 18.7. The zero-order chi connectivity index (χ0) is 27.4. The standard InChI is InChI=1S/C35H56O3/c1-21(2)10-9-11-22(3)29-14-15-30-28-13-12-26-20-27(38-33(36)32-24(5)23(4)25(6)37-32)16-18-34(26,7)31(28)17-19-35(29,30)8/h12,21-23,25,27-31H,9-11,13-20H2,1-8H3/t22-,23?,25?,27+,28+,29-,30+,31+,34+,35-/m1/s1. The Labute approximate surface area is 233 Å². The summed E-state index contributed by atoms with van der Waals surface area (Å²) in [7, 11) is 0. The van der Waals surface area contributed by atoms with Gasteiger partial charge in [-0.3, -0.25) is 0 Å². The quantitative estimate of drug-likeness (QED) is 0.246. The molecule has 0 radical (unpaired) electrons. The predicted molar refractivity (Wildman–Crippen MR) is 155 cm³/mol. The van der Waals surface area contributed by atoms with E-state index in [1.807, 2.05) is 13.8 Å². The number of hydrogen-bond acceptors (Lipinski definition) is 3. The molecule has 0 aromatic heterocycles. The average Bonchev–Trinajstić information content (AvgIpc) is 3.35. The summed E-state index contributed by atoms with van der Waals surface area (Å²) in [5, 5.41) is 0. The molecule has 1 aliphatic heterocycles. The largest absolute Gasteiger partial charge is 0.483 e. The monoisotopic (exact) mass is 524 g/mol. The van der Waals surface area contributed by atoms with E-state index in [9.17, 15) is 4.79 Å². The SMILES string of the molecule is CC1=C(C(=O)O[C@H]2CC[C@@]3(C)C(=CC[C@H]4[C@@H]5CC[C@H]([C@H](C)CCCC(C)C)[C@@]5(C)CC[C@@H]43)C2)OC(C)C1C. The van der Waals surface area contributed by atoms with Crippen LogP contribution in [0.15, 0.2) is 23.0 Å². The number of hydrogen-bond donors (Lipinski definition) is 0. The van der Waals surface area contributed by atoms with Gasteiger partial charge >= 0.3 is 5.97 Å². The zero-order valence-corrected chi connectivity index (χ0v) is 25.8. The Kier molecular flexibility index (Phi) is 7.91. The van der Waals surface area contributed by atoms with E-state index < -0.39 is 0 Å². The minimum Gasteiger partial charge on any atom is -0.483 e. The van der Waals surface area contributed by atoms with Gasteiger partial charge in [-0.15, -0.1) is 0 Å². The van der Waals surface area contributed by atoms with Crippen molar-refractivity contribution in [2.24, 2.45) is 52.3 Å². The lowest BCUT2D eigenvalue weighted by Crippen LogP contribution is -2.51. The van der Waals surface area contributed by atoms with Crippen molar-refractivity contribution in [3.63, 3.8) is 0 Å². The van der Waals surface area contributed by atoms with Gasteiger partial charge in [0.2, 0.25) is 5.76 Å². The number of carbonyl (C=O) groups is 1. The Morgan fingerprint density at radius 1 is 1.05 bits per heavy atom. The third kappa shape index (κ3) is 4.81. The van der Waals surface area contributed by atoms with Gasteiger partial charge in [0, 0.05) is 12.3 Å². The van der Waals surface area contributed by atoms with Crippen molar-refractivity contribution >= 4 is 5.97 Å². The number of rotatable bonds is 7. The van der Waals surface area contributed by atoms with Crippen LogP contribution in [0.5, 0.6) is 0 Å². The molecule has 3 saturated carbocycles. The van der Waals surface area contributed by atoms with Gasteiger partial charge in [-0.05, 0) is 111 Å². The summed E-state index contributed by atoms with van der Waals surface area (Å²) in [4.78, 5) is 13.0. The molecule has 10 atom stereocenters. The van der Waals surface area contributed by atoms with E-state index in [0.29, 0.717) is 11.2 Å². The van der Waals surface area contributed by atoms with E-state index >= 15 is 0 Å². The van der Waals surface area contributed by atoms with Crippen LogP contribution in [-0.4, -0.2) is 18.2 Å². The molecule has 0 amide bonds. The molecule has 4 aliphatic carbocycles. The molecule has 214 valence electrons. The summed E-state index contributed by atoms with van der Waals surface area (Å²) >= 11 is 0. The molecule has 5 rings (SSSR count). The van der Waals surface area contributed by atoms with E-state index in [2.05, 4.69) is 47.6 Å². The molecule has 2 unspecified atom stereocenters. The minimum absolute atomic E-state index is 0.00936. The highest BCUT2D eigenvalue weighted by Gasteiger charge is 2.59. The van der Waals surface area contributed by atoms with E-state index in [0.717, 1.165) is 60.3 Å². The van der Waals surface area contributed by atoms with Crippen LogP contribution >= 0.6 is 0 Å². The molecule has 0 N–H and O–H groups in total. The second kappa shape index (κ2) is 10.6. The van der Waals surface area contributed by atoms with Crippen LogP contribution in [0.3, 0.4) is 0 Å². The van der Waals surface area contributed by atoms with Crippen molar-refractivity contribution < 1.29 is 14.3 Å². The molecule has 5 aliphatic rings. The molecule has 0 aromatic rings. The summed E-state index contributed by atoms with van der Waals surface area (Å²) in [5.41, 5.74) is 3.45. The van der Waals surface area contributed by atoms with Gasteiger partial charge in [0.25, 0.3) is 0 Å². The molecular formula is C35H56O3. The summed E-state index contributed by atoms with van der Waals surface area (Å²) in [6, 6.07) is 0. The molecule has 0 spiro atoms. The van der Waals surface area contributed by atoms with Crippen molar-refractivity contribution in [2.45, 2.75) is 138 Å². The molecule has 3 nitrogen and oxygen atoms in total. The van der Waals surface area contributed by atoms with Crippen LogP contribution in [0, 0.1) is 52.3 Å². The van der Waals surface area contributed by atoms with Crippen molar-refractivity contribution in [1.29, 1.82) is 0 Å². The van der Waals surface area contributed by atoms with E-state index in [1.165, 1.54) is 51.4 Å². The topological polar surface area (TPSA) is 35.5 Å². The Morgan fingerprint density at radius 3 is 2.50 bits per heavy atom. The van der Waals surface area contributed by atoms with Gasteiger partial charge in [-0.2, -0.15) is 0 Å². The molecular weight excluding hydrogens is 468 g/mol. The second-order valence-electron chi connectivity index (χ2n) is 15.2. The predicted octanol–water partition coefficient (Wildman–Crippen LogP) is 9.27. The van der Waals surface area contributed by atoms with Gasteiger partial charge in [-0.25, -0.2) is 4.79 Å². The first kappa shape index (κ1) is 28.3. The third-order valence-corrected chi connectivity index (χ3v) is 12.8. The van der Waals surface area contributed by atoms with Crippen LogP contribution in [0.25, 0.3) is 0 Å². The Morgan fingerprint density at radius 2 is 1.82 bits per heavy atom. The number of fused-ring (bicyclic) bond motifs is 5. The van der Waals surface area contributed by atoms with Gasteiger partial charge in [0.05, 0.1) is 0 Å². The van der Waals surface area contributed by atoms with Crippen molar-refractivity contribution in [2.75, 3.05) is 0 Å². The highest BCUT2D eigenvalue weighted by molar-refractivity contribution is 5.88. The molecule has 0 bridgehead atoms. The van der Waals surface area contributed by atoms with Gasteiger partial charge in [0.1, 0.15) is 12.2 Å². The van der Waals surface area contributed by atoms with Gasteiger partial charge < -0.3 is 9.47 Å². The van der Waals surface area contributed by atoms with E-state index in [-0.39, 0.29) is 29.5 Å². The third-order valence-electron chi connectivity index (χ3n) is 12.8. The molecule has 3 fully saturated rings. The fourth-order valence-corrected chi connectivity index (χ4v) is 10.1. The molecule has 0 saturated heterocycles. The molecule has 1 heterocycles. The fourth-order valence-electron chi connectivity index (χ4n) is 10.1. The maximum Gasteiger partial charge on any atom is 0.373 e. The maximum atomic E-state index is 13.0. The lowest BCUT2D eigenvalue weighted by atomic mass is 9.47. The molecule has 38 heavy (non-hydrogen) atoms. The molecule has 0 aromatic carbocycles. The van der Waals surface area contributed by atoms with Crippen molar-refractivity contribution in [1.82, 2.24) is 0 Å². The number of ether oxygens (including phenoxy) is 2. The Bertz CT molecular complexity index is 960. The van der Waals surface area contributed by atoms with Crippen LogP contribution in [0.2, 0.25) is 0 Å². The van der Waals surface area contributed by atoms with Gasteiger partial charge in [0.15, 0.2) is 0 Å². The average molecular weight is 525 g/mol. The summed E-state index contributed by atoms with van der Waals surface area (Å²) in [5.74, 6) is 5.65. The first-order chi connectivity index (χ1) is 18.0. The first-order valence-corrected chi connectivity index (χ1v) is 16.2. The van der Waals surface area contributed by atoms with Crippen LogP contribution in [0.4, 0.5) is 0 Å². The zero-order valence-electron chi connectivity index (χ0n) is 25.8. The summed E-state index contributed by atoms with van der Waals surface area (Å²) in [6.07, 6.45) is 16.9. The maximum absolute atomic E-state index is 13.0. The van der Waals surface area contributed by atoms with Crippen molar-refractivity contribution in [3.8, 4) is 0 Å². The Hall–Kier alpha value is -1.25. The van der Waals surface area contributed by atoms with Crippen LogP contribution in [-0.2, 0) is 14.3 Å². The smallest absolute Gasteiger partial charge is 0.373 e. The number of allylic oxidation sites excluding steroid dienone is 1. The number of carbonyl (C=O) groups excluding carboxylic acids is 1. The Balaban J connectivity index is 1.24.